The highest BCUT2D eigenvalue weighted by Crippen LogP contribution is 2.17. The van der Waals surface area contributed by atoms with Crippen molar-refractivity contribution in [3.63, 3.8) is 0 Å². The first-order valence-corrected chi connectivity index (χ1v) is 9.74. The van der Waals surface area contributed by atoms with E-state index in [1.807, 2.05) is 29.1 Å². The molecule has 7 nitrogen and oxygen atoms in total. The minimum Gasteiger partial charge on any atom is -0.350 e. The first kappa shape index (κ1) is 20.4. The number of rotatable bonds is 6. The van der Waals surface area contributed by atoms with Gasteiger partial charge in [0, 0.05) is 32.3 Å². The van der Waals surface area contributed by atoms with Gasteiger partial charge in [0.15, 0.2) is 0 Å². The Labute approximate surface area is 170 Å². The second-order valence-electron chi connectivity index (χ2n) is 6.95. The summed E-state index contributed by atoms with van der Waals surface area (Å²) >= 11 is 0. The largest absolute Gasteiger partial charge is 0.350 e. The Morgan fingerprint density at radius 2 is 2.18 bits per heavy atom. The number of nitrogens with zero attached hydrogens (tertiary/aromatic N) is 4. The van der Waals surface area contributed by atoms with Crippen LogP contribution in [0.15, 0.2) is 36.5 Å². The van der Waals surface area contributed by atoms with E-state index in [4.69, 9.17) is 4.98 Å². The molecule has 1 aromatic carbocycles. The second-order valence-corrected chi connectivity index (χ2v) is 6.95. The maximum absolute atomic E-state index is 12.4. The minimum atomic E-state index is -0.128. The van der Waals surface area contributed by atoms with Crippen molar-refractivity contribution in [2.24, 2.45) is 0 Å². The summed E-state index contributed by atoms with van der Waals surface area (Å²) in [5, 5.41) is 10.8. The summed E-state index contributed by atoms with van der Waals surface area (Å²) in [6, 6.07) is 10.3. The van der Waals surface area contributed by atoms with Crippen LogP contribution >= 0.6 is 12.4 Å². The highest BCUT2D eigenvalue weighted by atomic mass is 35.5. The SMILES string of the molecule is CCn1c(CCNC(=O)c2ccn(C3CCCNC3)n2)nc2ccccc21.Cl. The van der Waals surface area contributed by atoms with Crippen LogP contribution in [0, 0.1) is 0 Å². The Balaban J connectivity index is 0.00000225. The molecule has 0 bridgehead atoms. The standard InChI is InChI=1S/C20H26N6O.ClH/c1-2-25-18-8-4-3-7-16(18)23-19(25)9-12-22-20(27)17-10-13-26(24-17)15-6-5-11-21-14-15;/h3-4,7-8,10,13,15,21H,2,5-6,9,11-12,14H2,1H3,(H,22,27);1H. The van der Waals surface area contributed by atoms with Crippen molar-refractivity contribution in [2.45, 2.75) is 38.8 Å². The molecule has 3 heterocycles. The van der Waals surface area contributed by atoms with E-state index in [2.05, 4.69) is 33.3 Å². The van der Waals surface area contributed by atoms with Gasteiger partial charge in [-0.2, -0.15) is 5.10 Å². The van der Waals surface area contributed by atoms with Crippen LogP contribution in [0.5, 0.6) is 0 Å². The van der Waals surface area contributed by atoms with Crippen LogP contribution in [-0.2, 0) is 13.0 Å². The highest BCUT2D eigenvalue weighted by molar-refractivity contribution is 5.92. The van der Waals surface area contributed by atoms with Gasteiger partial charge in [-0.1, -0.05) is 12.1 Å². The van der Waals surface area contributed by atoms with Crippen LogP contribution in [0.4, 0.5) is 0 Å². The predicted molar refractivity (Wildman–Crippen MR) is 112 cm³/mol. The third-order valence-electron chi connectivity index (χ3n) is 5.17. The summed E-state index contributed by atoms with van der Waals surface area (Å²) in [4.78, 5) is 17.1. The van der Waals surface area contributed by atoms with E-state index in [0.29, 0.717) is 24.7 Å². The summed E-state index contributed by atoms with van der Waals surface area (Å²) in [5.41, 5.74) is 2.62. The number of para-hydroxylation sites is 2. The Bertz CT molecular complexity index is 928. The number of amides is 1. The van der Waals surface area contributed by atoms with E-state index in [1.54, 1.807) is 6.07 Å². The lowest BCUT2D eigenvalue weighted by atomic mass is 10.1. The summed E-state index contributed by atoms with van der Waals surface area (Å²) in [5.74, 6) is 0.870. The third kappa shape index (κ3) is 4.20. The van der Waals surface area contributed by atoms with Crippen LogP contribution in [0.1, 0.15) is 42.1 Å². The van der Waals surface area contributed by atoms with Crippen molar-refractivity contribution in [1.82, 2.24) is 30.0 Å². The van der Waals surface area contributed by atoms with Crippen molar-refractivity contribution in [3.8, 4) is 0 Å². The molecule has 2 N–H and O–H groups in total. The predicted octanol–water partition coefficient (Wildman–Crippen LogP) is 2.57. The summed E-state index contributed by atoms with van der Waals surface area (Å²) in [7, 11) is 0. The van der Waals surface area contributed by atoms with Crippen LogP contribution in [0.2, 0.25) is 0 Å². The molecule has 1 unspecified atom stereocenters. The number of fused-ring (bicyclic) bond motifs is 1. The molecule has 8 heteroatoms. The maximum Gasteiger partial charge on any atom is 0.271 e. The van der Waals surface area contributed by atoms with E-state index in [1.165, 1.54) is 0 Å². The number of nitrogens with one attached hydrogen (secondary N) is 2. The summed E-state index contributed by atoms with van der Waals surface area (Å²) in [6.45, 7) is 5.50. The lowest BCUT2D eigenvalue weighted by molar-refractivity contribution is 0.0947. The van der Waals surface area contributed by atoms with Gasteiger partial charge >= 0.3 is 0 Å². The molecule has 150 valence electrons. The molecule has 3 aromatic rings. The van der Waals surface area contributed by atoms with Gasteiger partial charge in [0.25, 0.3) is 5.91 Å². The number of hydrogen-bond acceptors (Lipinski definition) is 4. The minimum absolute atomic E-state index is 0. The molecule has 0 aliphatic carbocycles. The van der Waals surface area contributed by atoms with E-state index in [9.17, 15) is 4.79 Å². The number of piperidine rings is 1. The number of imidazole rings is 1. The number of aromatic nitrogens is 4. The molecule has 0 spiro atoms. The molecule has 0 radical (unpaired) electrons. The number of hydrogen-bond donors (Lipinski definition) is 2. The fraction of sp³-hybridized carbons (Fsp3) is 0.450. The molecule has 0 saturated carbocycles. The van der Waals surface area contributed by atoms with Gasteiger partial charge in [-0.05, 0) is 44.5 Å². The van der Waals surface area contributed by atoms with Gasteiger partial charge in [-0.25, -0.2) is 4.98 Å². The molecule has 1 fully saturated rings. The lowest BCUT2D eigenvalue weighted by Gasteiger charge is -2.22. The first-order valence-electron chi connectivity index (χ1n) is 9.74. The zero-order valence-corrected chi connectivity index (χ0v) is 16.9. The molecule has 1 atom stereocenters. The molecule has 1 saturated heterocycles. The van der Waals surface area contributed by atoms with Crippen molar-refractivity contribution in [1.29, 1.82) is 0 Å². The molecule has 1 amide bonds. The van der Waals surface area contributed by atoms with Crippen LogP contribution in [-0.4, -0.2) is 44.9 Å². The Hall–Kier alpha value is -2.38. The van der Waals surface area contributed by atoms with E-state index in [-0.39, 0.29) is 18.3 Å². The number of carbonyl (C=O) groups is 1. The topological polar surface area (TPSA) is 76.8 Å². The fourth-order valence-electron chi connectivity index (χ4n) is 3.77. The van der Waals surface area contributed by atoms with Crippen LogP contribution in [0.3, 0.4) is 0 Å². The zero-order chi connectivity index (χ0) is 18.6. The van der Waals surface area contributed by atoms with Gasteiger partial charge in [-0.3, -0.25) is 9.48 Å². The lowest BCUT2D eigenvalue weighted by Crippen LogP contribution is -2.32. The number of aryl methyl sites for hydroxylation is 1. The smallest absolute Gasteiger partial charge is 0.271 e. The molecule has 1 aliphatic rings. The number of halogens is 1. The van der Waals surface area contributed by atoms with E-state index in [0.717, 1.165) is 49.3 Å². The van der Waals surface area contributed by atoms with E-state index < -0.39 is 0 Å². The average molecular weight is 403 g/mol. The number of carbonyl (C=O) groups excluding carboxylic acids is 1. The molecular weight excluding hydrogens is 376 g/mol. The Morgan fingerprint density at radius 1 is 1.32 bits per heavy atom. The Kier molecular flexibility index (Phi) is 6.70. The van der Waals surface area contributed by atoms with Crippen molar-refractivity contribution >= 4 is 29.3 Å². The molecule has 28 heavy (non-hydrogen) atoms. The fourth-order valence-corrected chi connectivity index (χ4v) is 3.77. The van der Waals surface area contributed by atoms with Gasteiger partial charge in [0.05, 0.1) is 17.1 Å². The molecular formula is C20H27ClN6O. The highest BCUT2D eigenvalue weighted by Gasteiger charge is 2.17. The van der Waals surface area contributed by atoms with Crippen molar-refractivity contribution in [2.75, 3.05) is 19.6 Å². The second kappa shape index (κ2) is 9.21. The van der Waals surface area contributed by atoms with E-state index >= 15 is 0 Å². The van der Waals surface area contributed by atoms with Crippen molar-refractivity contribution in [3.05, 3.63) is 48.0 Å². The monoisotopic (exact) mass is 402 g/mol. The maximum atomic E-state index is 12.4. The molecule has 2 aromatic heterocycles. The number of benzene rings is 1. The molecule has 1 aliphatic heterocycles. The van der Waals surface area contributed by atoms with Gasteiger partial charge in [0.1, 0.15) is 11.5 Å². The summed E-state index contributed by atoms with van der Waals surface area (Å²) < 4.78 is 4.11. The third-order valence-corrected chi connectivity index (χ3v) is 5.17. The normalized spacial score (nSPS) is 16.7. The summed E-state index contributed by atoms with van der Waals surface area (Å²) in [6.07, 6.45) is 4.85. The van der Waals surface area contributed by atoms with Crippen LogP contribution in [0.25, 0.3) is 11.0 Å². The first-order chi connectivity index (χ1) is 13.3. The Morgan fingerprint density at radius 3 is 2.96 bits per heavy atom. The average Bonchev–Trinajstić information content (AvgIpc) is 3.33. The zero-order valence-electron chi connectivity index (χ0n) is 16.1. The van der Waals surface area contributed by atoms with Gasteiger partial charge < -0.3 is 15.2 Å². The van der Waals surface area contributed by atoms with Gasteiger partial charge in [0.2, 0.25) is 0 Å². The quantitative estimate of drug-likeness (QED) is 0.664. The van der Waals surface area contributed by atoms with Crippen molar-refractivity contribution < 1.29 is 4.79 Å². The van der Waals surface area contributed by atoms with Crippen LogP contribution < -0.4 is 10.6 Å². The van der Waals surface area contributed by atoms with Gasteiger partial charge in [-0.15, -0.1) is 12.4 Å². The molecule has 4 rings (SSSR count).